The van der Waals surface area contributed by atoms with Crippen molar-refractivity contribution in [3.63, 3.8) is 0 Å². The van der Waals surface area contributed by atoms with Crippen LogP contribution in [0.3, 0.4) is 0 Å². The predicted octanol–water partition coefficient (Wildman–Crippen LogP) is 4.01. The van der Waals surface area contributed by atoms with E-state index >= 15 is 0 Å². The largest absolute Gasteiger partial charge is 0.323 e. The van der Waals surface area contributed by atoms with E-state index in [-0.39, 0.29) is 5.54 Å². The Morgan fingerprint density at radius 3 is 2.65 bits per heavy atom. The Balaban J connectivity index is 2.13. The van der Waals surface area contributed by atoms with E-state index in [1.165, 1.54) is 25.1 Å². The number of hydrogen-bond acceptors (Lipinski definition) is 2. The van der Waals surface area contributed by atoms with Crippen LogP contribution in [0.1, 0.15) is 51.4 Å². The van der Waals surface area contributed by atoms with Gasteiger partial charge < -0.3 is 4.57 Å². The van der Waals surface area contributed by atoms with Gasteiger partial charge in [0.15, 0.2) is 0 Å². The van der Waals surface area contributed by atoms with Gasteiger partial charge >= 0.3 is 0 Å². The van der Waals surface area contributed by atoms with Gasteiger partial charge in [0.2, 0.25) is 0 Å². The number of nitriles is 1. The Bertz CT molecular complexity index is 679. The Morgan fingerprint density at radius 2 is 2.10 bits per heavy atom. The minimum absolute atomic E-state index is 0.0159. The van der Waals surface area contributed by atoms with Gasteiger partial charge in [-0.05, 0) is 44.9 Å². The predicted molar refractivity (Wildman–Crippen MR) is 80.5 cm³/mol. The minimum atomic E-state index is 0.0159. The lowest BCUT2D eigenvalue weighted by molar-refractivity contribution is 0.295. The number of benzene rings is 1. The molecule has 3 nitrogen and oxygen atoms in total. The molecule has 1 heterocycles. The third kappa shape index (κ3) is 2.20. The molecular weight excluding hydrogens is 246 g/mol. The Kier molecular flexibility index (Phi) is 3.05. The molecule has 1 aliphatic rings. The van der Waals surface area contributed by atoms with E-state index in [0.717, 1.165) is 23.4 Å². The lowest BCUT2D eigenvalue weighted by atomic mass is 9.82. The van der Waals surface area contributed by atoms with Crippen molar-refractivity contribution < 1.29 is 0 Å². The average molecular weight is 267 g/mol. The number of aromatic nitrogens is 2. The molecular formula is C17H21N3. The van der Waals surface area contributed by atoms with Gasteiger partial charge in [0.25, 0.3) is 0 Å². The lowest BCUT2D eigenvalue weighted by Gasteiger charge is -2.29. The second-order valence-corrected chi connectivity index (χ2v) is 6.85. The molecule has 1 saturated carbocycles. The standard InChI is InChI=1S/C17H21N3/c1-17(2,3)20-15-8-7-13(11-18)9-14(15)19-16(20)10-12-5-4-6-12/h7-9,12H,4-6,10H2,1-3H3. The Morgan fingerprint density at radius 1 is 1.35 bits per heavy atom. The molecule has 1 aromatic heterocycles. The molecule has 3 heteroatoms. The van der Waals surface area contributed by atoms with E-state index in [1.54, 1.807) is 0 Å². The zero-order chi connectivity index (χ0) is 14.3. The fourth-order valence-corrected chi connectivity index (χ4v) is 3.04. The molecule has 0 unspecified atom stereocenters. The fourth-order valence-electron chi connectivity index (χ4n) is 3.04. The van der Waals surface area contributed by atoms with E-state index in [1.807, 2.05) is 18.2 Å². The van der Waals surface area contributed by atoms with E-state index in [0.29, 0.717) is 5.56 Å². The monoisotopic (exact) mass is 267 g/mol. The summed E-state index contributed by atoms with van der Waals surface area (Å²) in [4.78, 5) is 4.82. The second-order valence-electron chi connectivity index (χ2n) is 6.85. The van der Waals surface area contributed by atoms with Crippen LogP contribution in [-0.2, 0) is 12.0 Å². The normalized spacial score (nSPS) is 16.1. The first-order valence-corrected chi connectivity index (χ1v) is 7.41. The number of nitrogens with zero attached hydrogens (tertiary/aromatic N) is 3. The van der Waals surface area contributed by atoms with Crippen LogP contribution in [0.2, 0.25) is 0 Å². The van der Waals surface area contributed by atoms with E-state index in [2.05, 4.69) is 31.4 Å². The van der Waals surface area contributed by atoms with Crippen molar-refractivity contribution >= 4 is 11.0 Å². The summed E-state index contributed by atoms with van der Waals surface area (Å²) in [7, 11) is 0. The van der Waals surface area contributed by atoms with E-state index in [4.69, 9.17) is 10.2 Å². The summed E-state index contributed by atoms with van der Waals surface area (Å²) < 4.78 is 2.35. The molecule has 20 heavy (non-hydrogen) atoms. The first-order valence-electron chi connectivity index (χ1n) is 7.41. The first kappa shape index (κ1) is 13.2. The fraction of sp³-hybridized carbons (Fsp3) is 0.529. The minimum Gasteiger partial charge on any atom is -0.323 e. The van der Waals surface area contributed by atoms with Crippen LogP contribution in [0.5, 0.6) is 0 Å². The molecule has 1 aromatic carbocycles. The van der Waals surface area contributed by atoms with Gasteiger partial charge in [-0.2, -0.15) is 5.26 Å². The molecule has 0 spiro atoms. The molecule has 0 saturated heterocycles. The third-order valence-corrected chi connectivity index (χ3v) is 4.22. The zero-order valence-electron chi connectivity index (χ0n) is 12.5. The van der Waals surface area contributed by atoms with Gasteiger partial charge in [-0.3, -0.25) is 0 Å². The Hall–Kier alpha value is -1.82. The van der Waals surface area contributed by atoms with Crippen LogP contribution in [0, 0.1) is 17.2 Å². The number of imidazole rings is 1. The summed E-state index contributed by atoms with van der Waals surface area (Å²) in [6.45, 7) is 6.66. The summed E-state index contributed by atoms with van der Waals surface area (Å²) in [5, 5.41) is 9.04. The van der Waals surface area contributed by atoms with Gasteiger partial charge in [-0.15, -0.1) is 0 Å². The van der Waals surface area contributed by atoms with E-state index in [9.17, 15) is 0 Å². The zero-order valence-corrected chi connectivity index (χ0v) is 12.5. The van der Waals surface area contributed by atoms with E-state index < -0.39 is 0 Å². The summed E-state index contributed by atoms with van der Waals surface area (Å²) in [5.74, 6) is 1.97. The molecule has 0 radical (unpaired) electrons. The van der Waals surface area contributed by atoms with Gasteiger partial charge in [-0.25, -0.2) is 4.98 Å². The SMILES string of the molecule is CC(C)(C)n1c(CC2CCC2)nc2cc(C#N)ccc21. The maximum absolute atomic E-state index is 9.04. The summed E-state index contributed by atoms with van der Waals surface area (Å²) in [5.41, 5.74) is 2.80. The maximum Gasteiger partial charge on any atom is 0.110 e. The number of hydrogen-bond donors (Lipinski definition) is 0. The van der Waals surface area contributed by atoms with Crippen LogP contribution in [-0.4, -0.2) is 9.55 Å². The highest BCUT2D eigenvalue weighted by Gasteiger charge is 2.25. The van der Waals surface area contributed by atoms with Gasteiger partial charge in [0.1, 0.15) is 5.82 Å². The molecule has 0 N–H and O–H groups in total. The highest BCUT2D eigenvalue weighted by atomic mass is 15.1. The first-order chi connectivity index (χ1) is 9.49. The van der Waals surface area contributed by atoms with Gasteiger partial charge in [0.05, 0.1) is 22.7 Å². The molecule has 0 atom stereocenters. The molecule has 0 aliphatic heterocycles. The summed E-state index contributed by atoms with van der Waals surface area (Å²) in [6, 6.07) is 8.03. The van der Waals surface area contributed by atoms with Crippen molar-refractivity contribution in [1.29, 1.82) is 5.26 Å². The lowest BCUT2D eigenvalue weighted by Crippen LogP contribution is -2.26. The highest BCUT2D eigenvalue weighted by Crippen LogP contribution is 2.33. The van der Waals surface area contributed by atoms with Crippen molar-refractivity contribution in [2.75, 3.05) is 0 Å². The van der Waals surface area contributed by atoms with Crippen molar-refractivity contribution in [2.24, 2.45) is 5.92 Å². The molecule has 1 aliphatic carbocycles. The molecule has 2 aromatic rings. The Labute approximate surface area is 120 Å². The number of fused-ring (bicyclic) bond motifs is 1. The highest BCUT2D eigenvalue weighted by molar-refractivity contribution is 5.78. The van der Waals surface area contributed by atoms with Crippen LogP contribution in [0.25, 0.3) is 11.0 Å². The molecule has 3 rings (SSSR count). The van der Waals surface area contributed by atoms with Crippen molar-refractivity contribution in [1.82, 2.24) is 9.55 Å². The van der Waals surface area contributed by atoms with Crippen molar-refractivity contribution in [3.8, 4) is 6.07 Å². The third-order valence-electron chi connectivity index (χ3n) is 4.22. The van der Waals surface area contributed by atoms with Crippen LogP contribution in [0.4, 0.5) is 0 Å². The van der Waals surface area contributed by atoms with Gasteiger partial charge in [0, 0.05) is 12.0 Å². The second kappa shape index (κ2) is 4.63. The van der Waals surface area contributed by atoms with Crippen LogP contribution in [0.15, 0.2) is 18.2 Å². The maximum atomic E-state index is 9.04. The average Bonchev–Trinajstić information content (AvgIpc) is 2.70. The molecule has 104 valence electrons. The van der Waals surface area contributed by atoms with Crippen LogP contribution >= 0.6 is 0 Å². The number of rotatable bonds is 2. The molecule has 0 bridgehead atoms. The smallest absolute Gasteiger partial charge is 0.110 e. The summed E-state index contributed by atoms with van der Waals surface area (Å²) in [6.07, 6.45) is 5.08. The van der Waals surface area contributed by atoms with Gasteiger partial charge in [-0.1, -0.05) is 19.3 Å². The topological polar surface area (TPSA) is 41.6 Å². The molecule has 1 fully saturated rings. The van der Waals surface area contributed by atoms with Crippen LogP contribution < -0.4 is 0 Å². The summed E-state index contributed by atoms with van der Waals surface area (Å²) >= 11 is 0. The quantitative estimate of drug-likeness (QED) is 0.825. The molecule has 0 amide bonds. The van der Waals surface area contributed by atoms with Crippen molar-refractivity contribution in [2.45, 2.75) is 52.0 Å². The van der Waals surface area contributed by atoms with Crippen molar-refractivity contribution in [3.05, 3.63) is 29.6 Å².